The summed E-state index contributed by atoms with van der Waals surface area (Å²) in [7, 11) is 0. The second kappa shape index (κ2) is 8.44. The van der Waals surface area contributed by atoms with Crippen LogP contribution in [0.25, 0.3) is 10.2 Å². The van der Waals surface area contributed by atoms with Crippen LogP contribution in [0.4, 0.5) is 0 Å². The topological polar surface area (TPSA) is 113 Å². The molecule has 24 heavy (non-hydrogen) atoms. The lowest BCUT2D eigenvalue weighted by Crippen LogP contribution is -2.35. The lowest BCUT2D eigenvalue weighted by atomic mass is 10.2. The van der Waals surface area contributed by atoms with E-state index in [1.165, 1.54) is 22.8 Å². The van der Waals surface area contributed by atoms with Gasteiger partial charge in [0, 0.05) is 33.0 Å². The van der Waals surface area contributed by atoms with Crippen molar-refractivity contribution in [3.63, 3.8) is 0 Å². The molecule has 2 amide bonds. The Bertz CT molecular complexity index is 836. The molecule has 0 unspecified atom stereocenters. The maximum absolute atomic E-state index is 12.2. The average Bonchev–Trinajstić information content (AvgIpc) is 2.99. The number of unbranched alkanes of at least 4 members (excludes halogenated alkanes) is 1. The number of H-pyrrole nitrogens is 1. The van der Waals surface area contributed by atoms with E-state index < -0.39 is 5.69 Å². The highest BCUT2D eigenvalue weighted by Crippen LogP contribution is 2.12. The number of carbonyl (C=O) groups excluding carboxylic acids is 2. The Kier molecular flexibility index (Phi) is 6.30. The van der Waals surface area contributed by atoms with Gasteiger partial charge in [-0.05, 0) is 24.3 Å². The summed E-state index contributed by atoms with van der Waals surface area (Å²) < 4.78 is 1.71. The fourth-order valence-electron chi connectivity index (χ4n) is 2.26. The lowest BCUT2D eigenvalue weighted by molar-refractivity contribution is -0.122. The Morgan fingerprint density at radius 3 is 2.71 bits per heavy atom. The predicted octanol–water partition coefficient (Wildman–Crippen LogP) is 0.174. The van der Waals surface area contributed by atoms with Gasteiger partial charge in [0.15, 0.2) is 0 Å². The zero-order chi connectivity index (χ0) is 17.5. The highest BCUT2D eigenvalue weighted by Gasteiger charge is 2.08. The summed E-state index contributed by atoms with van der Waals surface area (Å²) in [5, 5.41) is 7.04. The number of thiophene rings is 1. The molecule has 0 radical (unpaired) electrons. The van der Waals surface area contributed by atoms with Crippen molar-refractivity contribution in [1.29, 1.82) is 0 Å². The fraction of sp³-hybridized carbons (Fsp3) is 0.467. The van der Waals surface area contributed by atoms with Crippen LogP contribution < -0.4 is 21.9 Å². The third kappa shape index (κ3) is 4.79. The summed E-state index contributed by atoms with van der Waals surface area (Å²) in [5.74, 6) is -0.252. The predicted molar refractivity (Wildman–Crippen MR) is 92.3 cm³/mol. The summed E-state index contributed by atoms with van der Waals surface area (Å²) >= 11 is 1.30. The number of carbonyl (C=O) groups is 2. The van der Waals surface area contributed by atoms with Crippen molar-refractivity contribution in [2.24, 2.45) is 0 Å². The van der Waals surface area contributed by atoms with E-state index in [4.69, 9.17) is 0 Å². The zero-order valence-corrected chi connectivity index (χ0v) is 14.2. The fourth-order valence-corrected chi connectivity index (χ4v) is 3.06. The molecule has 0 fully saturated rings. The molecule has 2 heterocycles. The summed E-state index contributed by atoms with van der Waals surface area (Å²) in [5.41, 5.74) is -0.154. The molecule has 0 aliphatic rings. The third-order valence-electron chi connectivity index (χ3n) is 3.45. The van der Waals surface area contributed by atoms with Crippen LogP contribution in [0.15, 0.2) is 21.0 Å². The van der Waals surface area contributed by atoms with Crippen molar-refractivity contribution in [2.75, 3.05) is 13.1 Å². The van der Waals surface area contributed by atoms with Crippen LogP contribution in [0, 0.1) is 0 Å². The lowest BCUT2D eigenvalue weighted by Gasteiger charge is -2.06. The molecule has 0 saturated carbocycles. The highest BCUT2D eigenvalue weighted by atomic mass is 32.1. The minimum absolute atomic E-state index is 0.115. The van der Waals surface area contributed by atoms with E-state index in [-0.39, 0.29) is 23.9 Å². The van der Waals surface area contributed by atoms with E-state index in [2.05, 4.69) is 15.6 Å². The van der Waals surface area contributed by atoms with Gasteiger partial charge in [0.2, 0.25) is 11.8 Å². The van der Waals surface area contributed by atoms with Crippen LogP contribution in [-0.4, -0.2) is 34.5 Å². The number of aromatic nitrogens is 2. The summed E-state index contributed by atoms with van der Waals surface area (Å²) in [6.07, 6.45) is 1.44. The maximum atomic E-state index is 12.2. The zero-order valence-electron chi connectivity index (χ0n) is 13.4. The van der Waals surface area contributed by atoms with Gasteiger partial charge in [-0.15, -0.1) is 11.3 Å². The van der Waals surface area contributed by atoms with Crippen molar-refractivity contribution in [1.82, 2.24) is 20.2 Å². The third-order valence-corrected chi connectivity index (χ3v) is 4.35. The van der Waals surface area contributed by atoms with Crippen molar-refractivity contribution >= 4 is 33.4 Å². The van der Waals surface area contributed by atoms with Crippen LogP contribution in [0.5, 0.6) is 0 Å². The van der Waals surface area contributed by atoms with Gasteiger partial charge < -0.3 is 15.6 Å². The summed E-state index contributed by atoms with van der Waals surface area (Å²) in [4.78, 5) is 49.1. The highest BCUT2D eigenvalue weighted by molar-refractivity contribution is 7.17. The Morgan fingerprint density at radius 1 is 1.21 bits per heavy atom. The molecule has 130 valence electrons. The second-order valence-electron chi connectivity index (χ2n) is 5.34. The average molecular weight is 352 g/mol. The number of hydrogen-bond acceptors (Lipinski definition) is 5. The van der Waals surface area contributed by atoms with Crippen LogP contribution in [-0.2, 0) is 16.1 Å². The van der Waals surface area contributed by atoms with Gasteiger partial charge in [-0.1, -0.05) is 0 Å². The van der Waals surface area contributed by atoms with E-state index in [0.717, 1.165) is 0 Å². The van der Waals surface area contributed by atoms with E-state index in [0.29, 0.717) is 42.6 Å². The van der Waals surface area contributed by atoms with Gasteiger partial charge in [0.25, 0.3) is 5.56 Å². The van der Waals surface area contributed by atoms with Crippen molar-refractivity contribution in [2.45, 2.75) is 32.7 Å². The Labute approximate surface area is 141 Å². The molecule has 2 rings (SSSR count). The largest absolute Gasteiger partial charge is 0.355 e. The number of hydrogen-bond donors (Lipinski definition) is 3. The van der Waals surface area contributed by atoms with Crippen molar-refractivity contribution < 1.29 is 9.59 Å². The Balaban J connectivity index is 1.76. The molecule has 3 N–H and O–H groups in total. The Morgan fingerprint density at radius 2 is 1.96 bits per heavy atom. The molecule has 0 saturated heterocycles. The second-order valence-corrected chi connectivity index (χ2v) is 6.26. The monoisotopic (exact) mass is 352 g/mol. The molecule has 8 nitrogen and oxygen atoms in total. The first-order valence-corrected chi connectivity index (χ1v) is 8.58. The molecule has 0 aliphatic heterocycles. The summed E-state index contributed by atoms with van der Waals surface area (Å²) in [6.45, 7) is 2.47. The molecule has 9 heteroatoms. The van der Waals surface area contributed by atoms with Crippen LogP contribution in [0.3, 0.4) is 0 Å². The summed E-state index contributed by atoms with van der Waals surface area (Å²) in [6, 6.07) is 1.71. The molecule has 0 atom stereocenters. The number of amides is 2. The molecular weight excluding hydrogens is 332 g/mol. The number of nitrogens with one attached hydrogen (secondary N) is 3. The van der Waals surface area contributed by atoms with E-state index in [1.54, 1.807) is 11.4 Å². The van der Waals surface area contributed by atoms with E-state index >= 15 is 0 Å². The minimum atomic E-state index is -0.425. The minimum Gasteiger partial charge on any atom is -0.355 e. The smallest absolute Gasteiger partial charge is 0.328 e. The van der Waals surface area contributed by atoms with Crippen LogP contribution >= 0.6 is 11.3 Å². The standard InChI is InChI=1S/C15H20N4O4S/c1-10(20)16-6-7-17-12(21)4-2-3-8-19-14(22)13-11(5-9-24-13)18-15(19)23/h5,9H,2-4,6-8H2,1H3,(H,16,20)(H,17,21)(H,18,23). The van der Waals surface area contributed by atoms with Gasteiger partial charge in [0.1, 0.15) is 4.70 Å². The van der Waals surface area contributed by atoms with Crippen molar-refractivity contribution in [3.05, 3.63) is 32.3 Å². The molecule has 0 aromatic carbocycles. The van der Waals surface area contributed by atoms with Crippen molar-refractivity contribution in [3.8, 4) is 0 Å². The van der Waals surface area contributed by atoms with Crippen LogP contribution in [0.2, 0.25) is 0 Å². The first-order chi connectivity index (χ1) is 11.5. The van der Waals surface area contributed by atoms with Gasteiger partial charge in [0.05, 0.1) is 5.52 Å². The molecule has 0 aliphatic carbocycles. The Hall–Kier alpha value is -2.42. The quantitative estimate of drug-likeness (QED) is 0.588. The van der Waals surface area contributed by atoms with Gasteiger partial charge in [-0.2, -0.15) is 0 Å². The number of aromatic amines is 1. The molecule has 2 aromatic heterocycles. The van der Waals surface area contributed by atoms with E-state index in [1.807, 2.05) is 0 Å². The molecular formula is C15H20N4O4S. The van der Waals surface area contributed by atoms with Gasteiger partial charge in [-0.25, -0.2) is 4.79 Å². The molecule has 2 aromatic rings. The first-order valence-electron chi connectivity index (χ1n) is 7.70. The number of nitrogens with zero attached hydrogens (tertiary/aromatic N) is 1. The van der Waals surface area contributed by atoms with Gasteiger partial charge in [-0.3, -0.25) is 19.0 Å². The first kappa shape index (κ1) is 17.9. The molecule has 0 bridgehead atoms. The SMILES string of the molecule is CC(=O)NCCNC(=O)CCCCn1c(=O)[nH]c2ccsc2c1=O. The molecule has 0 spiro atoms. The van der Waals surface area contributed by atoms with E-state index in [9.17, 15) is 19.2 Å². The number of fused-ring (bicyclic) bond motifs is 1. The number of rotatable bonds is 8. The maximum Gasteiger partial charge on any atom is 0.328 e. The van der Waals surface area contributed by atoms with Gasteiger partial charge >= 0.3 is 5.69 Å². The normalized spacial score (nSPS) is 10.7. The van der Waals surface area contributed by atoms with Crippen LogP contribution in [0.1, 0.15) is 26.2 Å².